The molecule has 21 heavy (non-hydrogen) atoms. The monoisotopic (exact) mass is 427 g/mol. The third-order valence-electron chi connectivity index (χ3n) is 2.28. The molecule has 1 rings (SSSR count). The maximum absolute atomic E-state index is 12.3. The van der Waals surface area contributed by atoms with Crippen molar-refractivity contribution < 1.29 is 26.4 Å². The van der Waals surface area contributed by atoms with Crippen LogP contribution in [-0.4, -0.2) is 39.0 Å². The van der Waals surface area contributed by atoms with Crippen molar-refractivity contribution in [1.82, 2.24) is 4.90 Å². The number of alkyl halides is 3. The van der Waals surface area contributed by atoms with E-state index in [2.05, 4.69) is 15.9 Å². The normalized spacial score (nSPS) is 12.3. The van der Waals surface area contributed by atoms with Crippen molar-refractivity contribution in [2.24, 2.45) is 0 Å². The van der Waals surface area contributed by atoms with Crippen molar-refractivity contribution in [3.05, 3.63) is 27.2 Å². The highest BCUT2D eigenvalue weighted by atomic mass is 79.9. The molecule has 0 aliphatic heterocycles. The van der Waals surface area contributed by atoms with Crippen LogP contribution >= 0.6 is 38.2 Å². The molecule has 0 spiro atoms. The summed E-state index contributed by atoms with van der Waals surface area (Å²) >= 11 is 8.66. The second kappa shape index (κ2) is 6.31. The Kier molecular flexibility index (Phi) is 5.57. The van der Waals surface area contributed by atoms with Crippen LogP contribution in [0.1, 0.15) is 10.4 Å². The first-order valence-electron chi connectivity index (χ1n) is 5.09. The smallest absolute Gasteiger partial charge is 0.333 e. The number of carbonyl (C=O) groups is 1. The molecule has 1 amide bonds. The number of halogens is 6. The summed E-state index contributed by atoms with van der Waals surface area (Å²) < 4.78 is 59.4. The van der Waals surface area contributed by atoms with Gasteiger partial charge in [0.2, 0.25) is 0 Å². The number of nitrogens with zero attached hydrogens (tertiary/aromatic N) is 1. The predicted molar refractivity (Wildman–Crippen MR) is 75.2 cm³/mol. The summed E-state index contributed by atoms with van der Waals surface area (Å²) in [6, 6.07) is 1.90. The van der Waals surface area contributed by atoms with E-state index in [4.69, 9.17) is 22.3 Å². The van der Waals surface area contributed by atoms with E-state index >= 15 is 0 Å². The number of benzene rings is 1. The zero-order chi connectivity index (χ0) is 16.6. The van der Waals surface area contributed by atoms with Crippen molar-refractivity contribution in [3.8, 4) is 0 Å². The molecule has 0 saturated carbocycles. The van der Waals surface area contributed by atoms with E-state index in [1.165, 1.54) is 0 Å². The first kappa shape index (κ1) is 18.5. The van der Waals surface area contributed by atoms with Gasteiger partial charge in [0.15, 0.2) is 0 Å². The highest BCUT2D eigenvalue weighted by molar-refractivity contribution is 9.10. The number of hydrogen-bond acceptors (Lipinski definition) is 3. The van der Waals surface area contributed by atoms with Crippen LogP contribution in [0.5, 0.6) is 0 Å². The van der Waals surface area contributed by atoms with E-state index in [1.54, 1.807) is 0 Å². The third-order valence-corrected chi connectivity index (χ3v) is 4.87. The summed E-state index contributed by atoms with van der Waals surface area (Å²) in [4.78, 5) is 11.8. The highest BCUT2D eigenvalue weighted by Gasteiger charge is 2.32. The van der Waals surface area contributed by atoms with Crippen molar-refractivity contribution in [2.45, 2.75) is 11.1 Å². The molecule has 0 N–H and O–H groups in total. The molecule has 0 aliphatic carbocycles. The van der Waals surface area contributed by atoms with E-state index in [9.17, 15) is 26.4 Å². The average Bonchev–Trinajstić information content (AvgIpc) is 2.23. The number of amides is 1. The fraction of sp³-hybridized carbons (Fsp3) is 0.300. The van der Waals surface area contributed by atoms with E-state index < -0.39 is 38.1 Å². The minimum absolute atomic E-state index is 0.00229. The molecule has 0 aromatic heterocycles. The predicted octanol–water partition coefficient (Wildman–Crippen LogP) is 3.66. The lowest BCUT2D eigenvalue weighted by Gasteiger charge is -2.20. The van der Waals surface area contributed by atoms with Gasteiger partial charge in [-0.05, 0) is 28.1 Å². The van der Waals surface area contributed by atoms with Gasteiger partial charge >= 0.3 is 6.18 Å². The van der Waals surface area contributed by atoms with Crippen LogP contribution < -0.4 is 0 Å². The molecule has 118 valence electrons. The molecule has 0 atom stereocenters. The van der Waals surface area contributed by atoms with Gasteiger partial charge in [0, 0.05) is 22.2 Å². The second-order valence-electron chi connectivity index (χ2n) is 3.98. The van der Waals surface area contributed by atoms with Gasteiger partial charge in [-0.1, -0.05) is 11.6 Å². The van der Waals surface area contributed by atoms with Gasteiger partial charge in [-0.25, -0.2) is 8.42 Å². The Labute approximate surface area is 136 Å². The molecule has 0 aliphatic rings. The second-order valence-corrected chi connectivity index (χ2v) is 7.77. The molecule has 1 aromatic rings. The van der Waals surface area contributed by atoms with Crippen LogP contribution in [0.25, 0.3) is 0 Å². The number of rotatable bonds is 3. The Balaban J connectivity index is 3.28. The topological polar surface area (TPSA) is 54.5 Å². The number of hydrogen-bond donors (Lipinski definition) is 0. The van der Waals surface area contributed by atoms with E-state index in [1.807, 2.05) is 0 Å². The van der Waals surface area contributed by atoms with Gasteiger partial charge in [0.25, 0.3) is 15.0 Å². The molecule has 4 nitrogen and oxygen atoms in total. The van der Waals surface area contributed by atoms with Gasteiger partial charge in [0.1, 0.15) is 6.54 Å². The Hall–Kier alpha value is -0.510. The van der Waals surface area contributed by atoms with E-state index in [-0.39, 0.29) is 9.50 Å². The van der Waals surface area contributed by atoms with Gasteiger partial charge in [0.05, 0.1) is 15.5 Å². The Morgan fingerprint density at radius 2 is 1.90 bits per heavy atom. The van der Waals surface area contributed by atoms with Crippen LogP contribution in [0.15, 0.2) is 21.5 Å². The summed E-state index contributed by atoms with van der Waals surface area (Å²) in [5, 5.41) is -0.204. The first-order valence-corrected chi connectivity index (χ1v) is 8.57. The van der Waals surface area contributed by atoms with Crippen molar-refractivity contribution >= 4 is 53.2 Å². The maximum Gasteiger partial charge on any atom is 0.406 e. The van der Waals surface area contributed by atoms with Crippen LogP contribution in [0.3, 0.4) is 0 Å². The molecule has 0 fully saturated rings. The van der Waals surface area contributed by atoms with Crippen LogP contribution in [-0.2, 0) is 9.05 Å². The standard InChI is InChI=1S/C10H7BrCl2F3NO3S/c1-17(4-10(14,15)16)9(18)5-2-8(21(13,19)20)6(11)3-7(5)12/h2-3H,4H2,1H3. The van der Waals surface area contributed by atoms with Gasteiger partial charge in [-0.15, -0.1) is 0 Å². The van der Waals surface area contributed by atoms with Crippen molar-refractivity contribution in [1.29, 1.82) is 0 Å². The largest absolute Gasteiger partial charge is 0.406 e. The summed E-state index contributed by atoms with van der Waals surface area (Å²) in [6.07, 6.45) is -4.59. The Morgan fingerprint density at radius 3 is 2.33 bits per heavy atom. The fourth-order valence-corrected chi connectivity index (χ4v) is 4.00. The lowest BCUT2D eigenvalue weighted by Crippen LogP contribution is -2.36. The molecule has 0 bridgehead atoms. The summed E-state index contributed by atoms with van der Waals surface area (Å²) in [6.45, 7) is -1.50. The lowest BCUT2D eigenvalue weighted by molar-refractivity contribution is -0.138. The fourth-order valence-electron chi connectivity index (χ4n) is 1.43. The van der Waals surface area contributed by atoms with Gasteiger partial charge < -0.3 is 4.90 Å². The summed E-state index contributed by atoms with van der Waals surface area (Å²) in [5.41, 5.74) is -0.397. The SMILES string of the molecule is CN(CC(F)(F)F)C(=O)c1cc(S(=O)(=O)Cl)c(Br)cc1Cl. The van der Waals surface area contributed by atoms with Crippen LogP contribution in [0, 0.1) is 0 Å². The third kappa shape index (κ3) is 5.01. The quantitative estimate of drug-likeness (QED) is 0.690. The van der Waals surface area contributed by atoms with Crippen LogP contribution in [0.2, 0.25) is 5.02 Å². The molecular formula is C10H7BrCl2F3NO3S. The zero-order valence-corrected chi connectivity index (χ0v) is 14.1. The minimum Gasteiger partial charge on any atom is -0.333 e. The molecule has 0 unspecified atom stereocenters. The molecular weight excluding hydrogens is 422 g/mol. The molecule has 1 aromatic carbocycles. The van der Waals surface area contributed by atoms with Crippen molar-refractivity contribution in [3.63, 3.8) is 0 Å². The zero-order valence-electron chi connectivity index (χ0n) is 10.2. The molecule has 0 saturated heterocycles. The van der Waals surface area contributed by atoms with Crippen LogP contribution in [0.4, 0.5) is 13.2 Å². The lowest BCUT2D eigenvalue weighted by atomic mass is 10.2. The molecule has 11 heteroatoms. The van der Waals surface area contributed by atoms with E-state index in [0.717, 1.165) is 19.2 Å². The summed E-state index contributed by atoms with van der Waals surface area (Å²) in [7, 11) is 1.90. The van der Waals surface area contributed by atoms with Gasteiger partial charge in [-0.3, -0.25) is 4.79 Å². The van der Waals surface area contributed by atoms with Crippen molar-refractivity contribution in [2.75, 3.05) is 13.6 Å². The highest BCUT2D eigenvalue weighted by Crippen LogP contribution is 2.31. The minimum atomic E-state index is -4.59. The Morgan fingerprint density at radius 1 is 1.38 bits per heavy atom. The molecule has 0 radical (unpaired) electrons. The average molecular weight is 429 g/mol. The first-order chi connectivity index (χ1) is 9.33. The van der Waals surface area contributed by atoms with E-state index in [0.29, 0.717) is 4.90 Å². The molecule has 0 heterocycles. The summed E-state index contributed by atoms with van der Waals surface area (Å²) in [5.74, 6) is -1.08. The number of carbonyl (C=O) groups excluding carboxylic acids is 1. The maximum atomic E-state index is 12.3. The Bertz CT molecular complexity index is 679. The van der Waals surface area contributed by atoms with Gasteiger partial charge in [-0.2, -0.15) is 13.2 Å².